The Labute approximate surface area is 177 Å². The van der Waals surface area contributed by atoms with Crippen LogP contribution in [0.1, 0.15) is 10.4 Å². The number of hydrogen-bond donors (Lipinski definition) is 2. The maximum atomic E-state index is 13.1. The third-order valence-corrected chi connectivity index (χ3v) is 4.98. The van der Waals surface area contributed by atoms with Crippen LogP contribution >= 0.6 is 0 Å². The SMILES string of the molecule is COc1cc(OC)c2c(=O)cc(-c3ccc(O)cc3)oc2c1-c1ccc(C(N)=O)cc1. The Morgan fingerprint density at radius 3 is 2.10 bits per heavy atom. The molecule has 0 bridgehead atoms. The first-order valence-electron chi connectivity index (χ1n) is 9.35. The summed E-state index contributed by atoms with van der Waals surface area (Å²) >= 11 is 0. The van der Waals surface area contributed by atoms with Crippen LogP contribution in [0.15, 0.2) is 69.9 Å². The van der Waals surface area contributed by atoms with Crippen LogP contribution in [0.4, 0.5) is 0 Å². The number of hydrogen-bond acceptors (Lipinski definition) is 6. The molecule has 0 unspecified atom stereocenters. The van der Waals surface area contributed by atoms with Crippen molar-refractivity contribution in [3.05, 3.63) is 76.5 Å². The van der Waals surface area contributed by atoms with Crippen LogP contribution in [-0.4, -0.2) is 25.2 Å². The summed E-state index contributed by atoms with van der Waals surface area (Å²) in [6.07, 6.45) is 0. The zero-order chi connectivity index (χ0) is 22.1. The van der Waals surface area contributed by atoms with Crippen LogP contribution in [0, 0.1) is 0 Å². The molecule has 7 nitrogen and oxygen atoms in total. The summed E-state index contributed by atoms with van der Waals surface area (Å²) in [5.74, 6) is 0.630. The van der Waals surface area contributed by atoms with Crippen LogP contribution in [0.2, 0.25) is 0 Å². The molecule has 156 valence electrons. The zero-order valence-corrected chi connectivity index (χ0v) is 16.8. The molecule has 4 rings (SSSR count). The van der Waals surface area contributed by atoms with Crippen molar-refractivity contribution in [3.8, 4) is 39.7 Å². The number of benzene rings is 3. The van der Waals surface area contributed by atoms with E-state index in [0.29, 0.717) is 39.5 Å². The van der Waals surface area contributed by atoms with E-state index in [1.54, 1.807) is 42.5 Å². The Balaban J connectivity index is 2.06. The number of fused-ring (bicyclic) bond motifs is 1. The third-order valence-electron chi connectivity index (χ3n) is 4.98. The molecule has 0 spiro atoms. The molecular weight excluding hydrogens is 398 g/mol. The summed E-state index contributed by atoms with van der Waals surface area (Å²) in [5.41, 5.74) is 7.50. The second-order valence-corrected chi connectivity index (χ2v) is 6.82. The predicted octanol–water partition coefficient (Wildman–Crippen LogP) is 3.95. The van der Waals surface area contributed by atoms with Gasteiger partial charge in [0.2, 0.25) is 5.91 Å². The lowest BCUT2D eigenvalue weighted by atomic mass is 9.99. The number of amides is 1. The van der Waals surface area contributed by atoms with E-state index in [1.165, 1.54) is 32.4 Å². The van der Waals surface area contributed by atoms with Crippen LogP contribution < -0.4 is 20.6 Å². The minimum absolute atomic E-state index is 0.102. The van der Waals surface area contributed by atoms with Crippen LogP contribution in [0.5, 0.6) is 17.2 Å². The molecule has 3 aromatic carbocycles. The van der Waals surface area contributed by atoms with Crippen molar-refractivity contribution in [1.29, 1.82) is 0 Å². The van der Waals surface area contributed by atoms with Crippen molar-refractivity contribution in [1.82, 2.24) is 0 Å². The molecule has 31 heavy (non-hydrogen) atoms. The maximum Gasteiger partial charge on any atom is 0.248 e. The van der Waals surface area contributed by atoms with Crippen molar-refractivity contribution < 1.29 is 23.8 Å². The van der Waals surface area contributed by atoms with Crippen molar-refractivity contribution in [2.75, 3.05) is 14.2 Å². The van der Waals surface area contributed by atoms with Gasteiger partial charge < -0.3 is 24.7 Å². The average Bonchev–Trinajstić information content (AvgIpc) is 2.78. The fourth-order valence-electron chi connectivity index (χ4n) is 3.44. The van der Waals surface area contributed by atoms with Gasteiger partial charge in [0.1, 0.15) is 28.4 Å². The summed E-state index contributed by atoms with van der Waals surface area (Å²) in [6.45, 7) is 0. The van der Waals surface area contributed by atoms with Gasteiger partial charge in [-0.05, 0) is 42.0 Å². The summed E-state index contributed by atoms with van der Waals surface area (Å²) in [5, 5.41) is 9.83. The van der Waals surface area contributed by atoms with Gasteiger partial charge in [0.15, 0.2) is 11.0 Å². The number of nitrogens with two attached hydrogens (primary N) is 1. The number of rotatable bonds is 5. The van der Waals surface area contributed by atoms with E-state index in [4.69, 9.17) is 19.6 Å². The number of carbonyl (C=O) groups excluding carboxylic acids is 1. The van der Waals surface area contributed by atoms with Gasteiger partial charge in [-0.1, -0.05) is 12.1 Å². The number of phenolic OH excluding ortho intramolecular Hbond substituents is 1. The molecule has 1 heterocycles. The molecule has 0 radical (unpaired) electrons. The standard InChI is InChI=1S/C24H19NO6/c1-29-19-12-20(30-2)22-17(27)11-18(13-7-9-16(26)10-8-13)31-23(22)21(19)14-3-5-15(6-4-14)24(25)28/h3-12,26H,1-2H3,(H2,25,28). The molecule has 3 N–H and O–H groups in total. The van der Waals surface area contributed by atoms with E-state index in [2.05, 4.69) is 0 Å². The van der Waals surface area contributed by atoms with Gasteiger partial charge in [-0.3, -0.25) is 9.59 Å². The number of primary amides is 1. The smallest absolute Gasteiger partial charge is 0.248 e. The third kappa shape index (κ3) is 3.57. The lowest BCUT2D eigenvalue weighted by Gasteiger charge is -2.15. The quantitative estimate of drug-likeness (QED) is 0.509. The Kier molecular flexibility index (Phi) is 5.09. The Bertz CT molecular complexity index is 1340. The van der Waals surface area contributed by atoms with E-state index in [0.717, 1.165) is 0 Å². The second-order valence-electron chi connectivity index (χ2n) is 6.82. The van der Waals surface area contributed by atoms with Crippen molar-refractivity contribution in [2.24, 2.45) is 5.73 Å². The van der Waals surface area contributed by atoms with E-state index >= 15 is 0 Å². The van der Waals surface area contributed by atoms with Gasteiger partial charge in [0, 0.05) is 23.3 Å². The van der Waals surface area contributed by atoms with Gasteiger partial charge in [0.25, 0.3) is 0 Å². The normalized spacial score (nSPS) is 10.8. The van der Waals surface area contributed by atoms with Crippen molar-refractivity contribution in [2.45, 2.75) is 0 Å². The highest BCUT2D eigenvalue weighted by molar-refractivity contribution is 6.00. The monoisotopic (exact) mass is 417 g/mol. The highest BCUT2D eigenvalue weighted by atomic mass is 16.5. The molecule has 7 heteroatoms. The second kappa shape index (κ2) is 7.87. The largest absolute Gasteiger partial charge is 0.508 e. The minimum atomic E-state index is -0.542. The zero-order valence-electron chi connectivity index (χ0n) is 16.8. The van der Waals surface area contributed by atoms with Crippen LogP contribution in [0.25, 0.3) is 33.4 Å². The Morgan fingerprint density at radius 2 is 1.52 bits per heavy atom. The topological polar surface area (TPSA) is 112 Å². The van der Waals surface area contributed by atoms with E-state index < -0.39 is 5.91 Å². The van der Waals surface area contributed by atoms with Gasteiger partial charge in [-0.25, -0.2) is 0 Å². The molecule has 0 fully saturated rings. The minimum Gasteiger partial charge on any atom is -0.508 e. The van der Waals surface area contributed by atoms with E-state index in [-0.39, 0.29) is 22.1 Å². The highest BCUT2D eigenvalue weighted by Gasteiger charge is 2.21. The molecular formula is C24H19NO6. The Hall–Kier alpha value is -4.26. The van der Waals surface area contributed by atoms with E-state index in [1.807, 2.05) is 0 Å². The first-order chi connectivity index (χ1) is 14.9. The lowest BCUT2D eigenvalue weighted by molar-refractivity contribution is 0.100. The number of carbonyl (C=O) groups is 1. The summed E-state index contributed by atoms with van der Waals surface area (Å²) in [4.78, 5) is 24.5. The molecule has 0 saturated heterocycles. The lowest BCUT2D eigenvalue weighted by Crippen LogP contribution is -2.10. The fraction of sp³-hybridized carbons (Fsp3) is 0.0833. The summed E-state index contributed by atoms with van der Waals surface area (Å²) in [6, 6.07) is 15.9. The summed E-state index contributed by atoms with van der Waals surface area (Å²) in [7, 11) is 2.96. The average molecular weight is 417 g/mol. The van der Waals surface area contributed by atoms with E-state index in [9.17, 15) is 14.7 Å². The fourth-order valence-corrected chi connectivity index (χ4v) is 3.44. The van der Waals surface area contributed by atoms with Gasteiger partial charge >= 0.3 is 0 Å². The molecule has 0 atom stereocenters. The first kappa shape index (κ1) is 20.0. The molecule has 1 aromatic heterocycles. The van der Waals surface area contributed by atoms with Gasteiger partial charge in [-0.15, -0.1) is 0 Å². The molecule has 0 aliphatic rings. The maximum absolute atomic E-state index is 13.1. The molecule has 0 saturated carbocycles. The molecule has 0 aliphatic heterocycles. The molecule has 1 amide bonds. The van der Waals surface area contributed by atoms with Crippen LogP contribution in [0.3, 0.4) is 0 Å². The summed E-state index contributed by atoms with van der Waals surface area (Å²) < 4.78 is 17.2. The highest BCUT2D eigenvalue weighted by Crippen LogP contribution is 2.42. The number of aromatic hydroxyl groups is 1. The Morgan fingerprint density at radius 1 is 0.903 bits per heavy atom. The van der Waals surface area contributed by atoms with Crippen molar-refractivity contribution >= 4 is 16.9 Å². The number of phenols is 1. The van der Waals surface area contributed by atoms with Gasteiger partial charge in [-0.2, -0.15) is 0 Å². The van der Waals surface area contributed by atoms with Crippen LogP contribution in [-0.2, 0) is 0 Å². The van der Waals surface area contributed by atoms with Crippen molar-refractivity contribution in [3.63, 3.8) is 0 Å². The molecule has 0 aliphatic carbocycles. The molecule has 4 aromatic rings. The number of methoxy groups -OCH3 is 2. The predicted molar refractivity (Wildman–Crippen MR) is 117 cm³/mol. The number of ether oxygens (including phenoxy) is 2. The first-order valence-corrected chi connectivity index (χ1v) is 9.35. The van der Waals surface area contributed by atoms with Gasteiger partial charge in [0.05, 0.1) is 19.8 Å².